The molecule has 0 spiro atoms. The van der Waals surface area contributed by atoms with E-state index in [0.717, 1.165) is 32.1 Å². The molecule has 1 amide bonds. The van der Waals surface area contributed by atoms with Crippen molar-refractivity contribution in [1.29, 1.82) is 0 Å². The largest absolute Gasteiger partial charge is 0.480 e. The van der Waals surface area contributed by atoms with Gasteiger partial charge in [-0.3, -0.25) is 4.79 Å². The van der Waals surface area contributed by atoms with E-state index in [1.807, 2.05) is 0 Å². The topological polar surface area (TPSA) is 57.6 Å². The number of unbranched alkanes of at least 4 members (excludes halogenated alkanes) is 3. The molecule has 1 aliphatic heterocycles. The molecule has 0 saturated carbocycles. The fourth-order valence-electron chi connectivity index (χ4n) is 2.18. The maximum Gasteiger partial charge on any atom is 0.326 e. The van der Waals surface area contributed by atoms with Crippen molar-refractivity contribution in [3.05, 3.63) is 0 Å². The minimum Gasteiger partial charge on any atom is -0.480 e. The van der Waals surface area contributed by atoms with Gasteiger partial charge >= 0.3 is 5.97 Å². The minimum absolute atomic E-state index is 0.00268. The molecule has 0 aliphatic carbocycles. The summed E-state index contributed by atoms with van der Waals surface area (Å²) >= 11 is 0. The molecule has 1 rings (SSSR count). The Morgan fingerprint density at radius 3 is 2.69 bits per heavy atom. The molecule has 1 heterocycles. The van der Waals surface area contributed by atoms with Crippen LogP contribution < -0.4 is 0 Å². The van der Waals surface area contributed by atoms with Crippen LogP contribution >= 0.6 is 0 Å². The van der Waals surface area contributed by atoms with Crippen molar-refractivity contribution in [3.63, 3.8) is 0 Å². The summed E-state index contributed by atoms with van der Waals surface area (Å²) in [6.07, 6.45) is 6.15. The molecule has 4 heteroatoms. The molecule has 1 N–H and O–H groups in total. The molecule has 1 unspecified atom stereocenters. The van der Waals surface area contributed by atoms with E-state index < -0.39 is 12.0 Å². The molecule has 0 aromatic heterocycles. The van der Waals surface area contributed by atoms with Gasteiger partial charge in [0.25, 0.3) is 0 Å². The monoisotopic (exact) mass is 227 g/mol. The number of aliphatic carboxylic acids is 1. The molecule has 4 nitrogen and oxygen atoms in total. The fraction of sp³-hybridized carbons (Fsp3) is 0.833. The van der Waals surface area contributed by atoms with Crippen molar-refractivity contribution in [2.45, 2.75) is 57.9 Å². The molecular formula is C12H21NO3. The van der Waals surface area contributed by atoms with Crippen LogP contribution in [-0.4, -0.2) is 34.5 Å². The molecule has 16 heavy (non-hydrogen) atoms. The summed E-state index contributed by atoms with van der Waals surface area (Å²) in [6, 6.07) is -0.591. The van der Waals surface area contributed by atoms with Gasteiger partial charge in [0.1, 0.15) is 6.04 Å². The van der Waals surface area contributed by atoms with Crippen molar-refractivity contribution < 1.29 is 14.7 Å². The molecule has 92 valence electrons. The number of carbonyl (C=O) groups excluding carboxylic acids is 1. The maximum atomic E-state index is 11.5. The lowest BCUT2D eigenvalue weighted by Crippen LogP contribution is -2.41. The predicted octanol–water partition coefficient (Wildman–Crippen LogP) is 2.03. The van der Waals surface area contributed by atoms with E-state index in [0.29, 0.717) is 19.4 Å². The van der Waals surface area contributed by atoms with E-state index in [2.05, 4.69) is 6.92 Å². The molecular weight excluding hydrogens is 206 g/mol. The summed E-state index contributed by atoms with van der Waals surface area (Å²) in [5, 5.41) is 9.11. The van der Waals surface area contributed by atoms with Crippen molar-refractivity contribution in [1.82, 2.24) is 4.90 Å². The lowest BCUT2D eigenvalue weighted by atomic mass is 10.1. The highest BCUT2D eigenvalue weighted by atomic mass is 16.4. The van der Waals surface area contributed by atoms with Gasteiger partial charge in [-0.2, -0.15) is 0 Å². The van der Waals surface area contributed by atoms with Crippen molar-refractivity contribution in [2.75, 3.05) is 6.54 Å². The number of hydrogen-bond acceptors (Lipinski definition) is 2. The highest BCUT2D eigenvalue weighted by Gasteiger charge is 2.31. The van der Waals surface area contributed by atoms with Gasteiger partial charge in [-0.05, 0) is 12.8 Å². The second-order valence-corrected chi connectivity index (χ2v) is 4.39. The molecule has 1 atom stereocenters. The number of hydrogen-bond donors (Lipinski definition) is 1. The number of amides is 1. The van der Waals surface area contributed by atoms with Crippen LogP contribution in [0.3, 0.4) is 0 Å². The summed E-state index contributed by atoms with van der Waals surface area (Å²) in [4.78, 5) is 24.1. The zero-order valence-corrected chi connectivity index (χ0v) is 9.95. The molecule has 0 bridgehead atoms. The van der Waals surface area contributed by atoms with Gasteiger partial charge in [-0.15, -0.1) is 0 Å². The van der Waals surface area contributed by atoms with E-state index in [1.54, 1.807) is 0 Å². The second-order valence-electron chi connectivity index (χ2n) is 4.39. The molecule has 1 saturated heterocycles. The zero-order chi connectivity index (χ0) is 12.0. The van der Waals surface area contributed by atoms with Crippen LogP contribution in [0, 0.1) is 0 Å². The molecule has 0 aromatic carbocycles. The maximum absolute atomic E-state index is 11.5. The van der Waals surface area contributed by atoms with Crippen molar-refractivity contribution in [3.8, 4) is 0 Å². The van der Waals surface area contributed by atoms with Gasteiger partial charge in [-0.1, -0.05) is 32.6 Å². The van der Waals surface area contributed by atoms with Gasteiger partial charge in [0.2, 0.25) is 5.91 Å². The number of rotatable bonds is 7. The average molecular weight is 227 g/mol. The van der Waals surface area contributed by atoms with Crippen LogP contribution in [0.5, 0.6) is 0 Å². The number of carboxylic acid groups (broad SMARTS) is 1. The molecule has 1 fully saturated rings. The van der Waals surface area contributed by atoms with Crippen LogP contribution in [0.2, 0.25) is 0 Å². The zero-order valence-electron chi connectivity index (χ0n) is 9.95. The summed E-state index contributed by atoms with van der Waals surface area (Å²) in [5.74, 6) is -0.852. The summed E-state index contributed by atoms with van der Waals surface area (Å²) in [5.41, 5.74) is 0. The Morgan fingerprint density at radius 2 is 2.19 bits per heavy atom. The first kappa shape index (κ1) is 13.0. The Labute approximate surface area is 96.6 Å². The van der Waals surface area contributed by atoms with Crippen molar-refractivity contribution in [2.24, 2.45) is 0 Å². The summed E-state index contributed by atoms with van der Waals surface area (Å²) < 4.78 is 0. The Kier molecular flexibility index (Phi) is 5.29. The second kappa shape index (κ2) is 6.51. The van der Waals surface area contributed by atoms with Gasteiger partial charge < -0.3 is 10.0 Å². The number of nitrogens with zero attached hydrogens (tertiary/aromatic N) is 1. The Morgan fingerprint density at radius 1 is 1.44 bits per heavy atom. The van der Waals surface area contributed by atoms with Crippen molar-refractivity contribution >= 4 is 11.9 Å². The molecule has 1 aliphatic rings. The van der Waals surface area contributed by atoms with Crippen LogP contribution in [0.1, 0.15) is 51.9 Å². The van der Waals surface area contributed by atoms with Crippen LogP contribution in [0.25, 0.3) is 0 Å². The highest BCUT2D eigenvalue weighted by molar-refractivity contribution is 5.84. The van der Waals surface area contributed by atoms with E-state index in [9.17, 15) is 9.59 Å². The lowest BCUT2D eigenvalue weighted by Gasteiger charge is -2.24. The van der Waals surface area contributed by atoms with E-state index in [4.69, 9.17) is 5.11 Å². The van der Waals surface area contributed by atoms with E-state index in [1.165, 1.54) is 4.90 Å². The highest BCUT2D eigenvalue weighted by Crippen LogP contribution is 2.18. The van der Waals surface area contributed by atoms with Crippen LogP contribution in [-0.2, 0) is 9.59 Å². The number of likely N-dealkylation sites (tertiary alicyclic amines) is 1. The summed E-state index contributed by atoms with van der Waals surface area (Å²) in [6.45, 7) is 2.74. The predicted molar refractivity (Wildman–Crippen MR) is 61.1 cm³/mol. The normalized spacial score (nSPS) is 17.8. The van der Waals surface area contributed by atoms with Gasteiger partial charge in [-0.25, -0.2) is 4.79 Å². The lowest BCUT2D eigenvalue weighted by molar-refractivity contribution is -0.148. The first-order valence-electron chi connectivity index (χ1n) is 6.19. The van der Waals surface area contributed by atoms with E-state index >= 15 is 0 Å². The molecule has 0 aromatic rings. The first-order valence-corrected chi connectivity index (χ1v) is 6.19. The standard InChI is InChI=1S/C12H21NO3/c1-2-3-4-5-7-10(12(15)16)13-9-6-8-11(13)14/h10H,2-9H2,1H3,(H,15,16). The minimum atomic E-state index is -0.855. The Balaban J connectivity index is 2.41. The van der Waals surface area contributed by atoms with Crippen LogP contribution in [0.15, 0.2) is 0 Å². The van der Waals surface area contributed by atoms with Gasteiger partial charge in [0.05, 0.1) is 0 Å². The third-order valence-electron chi connectivity index (χ3n) is 3.10. The first-order chi connectivity index (χ1) is 7.66. The van der Waals surface area contributed by atoms with Gasteiger partial charge in [0, 0.05) is 13.0 Å². The number of carboxylic acids is 1. The fourth-order valence-corrected chi connectivity index (χ4v) is 2.18. The quantitative estimate of drug-likeness (QED) is 0.677. The summed E-state index contributed by atoms with van der Waals surface area (Å²) in [7, 11) is 0. The van der Waals surface area contributed by atoms with E-state index in [-0.39, 0.29) is 5.91 Å². The third kappa shape index (κ3) is 3.51. The third-order valence-corrected chi connectivity index (χ3v) is 3.10. The average Bonchev–Trinajstić information content (AvgIpc) is 2.64. The Hall–Kier alpha value is -1.06. The number of carbonyl (C=O) groups is 2. The smallest absolute Gasteiger partial charge is 0.326 e. The van der Waals surface area contributed by atoms with Crippen LogP contribution in [0.4, 0.5) is 0 Å². The molecule has 0 radical (unpaired) electrons. The van der Waals surface area contributed by atoms with Gasteiger partial charge in [0.15, 0.2) is 0 Å². The SMILES string of the molecule is CCCCCCC(C(=O)O)N1CCCC1=O. The Bertz CT molecular complexity index is 253.